The molecular formula is C16H20N4O3S. The fourth-order valence-electron chi connectivity index (χ4n) is 2.88. The van der Waals surface area contributed by atoms with Gasteiger partial charge in [-0.15, -0.1) is 11.3 Å². The minimum absolute atomic E-state index is 0.0106. The van der Waals surface area contributed by atoms with E-state index in [4.69, 9.17) is 0 Å². The molecule has 1 fully saturated rings. The maximum atomic E-state index is 12.5. The molecule has 128 valence electrons. The fourth-order valence-corrected chi connectivity index (χ4v) is 3.57. The highest BCUT2D eigenvalue weighted by Gasteiger charge is 2.30. The van der Waals surface area contributed by atoms with Crippen LogP contribution in [-0.2, 0) is 22.6 Å². The third-order valence-electron chi connectivity index (χ3n) is 4.14. The highest BCUT2D eigenvalue weighted by Crippen LogP contribution is 2.15. The lowest BCUT2D eigenvalue weighted by molar-refractivity contribution is -0.143. The van der Waals surface area contributed by atoms with Gasteiger partial charge in [0.1, 0.15) is 5.82 Å². The van der Waals surface area contributed by atoms with Crippen molar-refractivity contribution in [2.24, 2.45) is 5.92 Å². The van der Waals surface area contributed by atoms with Crippen molar-refractivity contribution in [3.63, 3.8) is 0 Å². The Kier molecular flexibility index (Phi) is 5.27. The van der Waals surface area contributed by atoms with Crippen LogP contribution in [0.2, 0.25) is 0 Å². The predicted octanol–water partition coefficient (Wildman–Crippen LogP) is 1.06. The van der Waals surface area contributed by atoms with Crippen molar-refractivity contribution in [1.82, 2.24) is 19.8 Å². The van der Waals surface area contributed by atoms with Crippen LogP contribution in [0.3, 0.4) is 0 Å². The van der Waals surface area contributed by atoms with Crippen molar-refractivity contribution >= 4 is 23.2 Å². The molecule has 1 aliphatic rings. The zero-order valence-electron chi connectivity index (χ0n) is 13.2. The summed E-state index contributed by atoms with van der Waals surface area (Å²) in [4.78, 5) is 36.0. The number of nitrogens with zero attached hydrogens (tertiary/aromatic N) is 3. The van der Waals surface area contributed by atoms with Gasteiger partial charge in [-0.3, -0.25) is 14.5 Å². The first-order valence-corrected chi connectivity index (χ1v) is 8.73. The van der Waals surface area contributed by atoms with E-state index in [1.807, 2.05) is 22.4 Å². The van der Waals surface area contributed by atoms with E-state index >= 15 is 0 Å². The smallest absolute Gasteiger partial charge is 0.309 e. The molecule has 3 rings (SSSR count). The summed E-state index contributed by atoms with van der Waals surface area (Å²) >= 11 is 1.54. The molecule has 24 heavy (non-hydrogen) atoms. The van der Waals surface area contributed by atoms with Gasteiger partial charge in [0, 0.05) is 43.4 Å². The van der Waals surface area contributed by atoms with Crippen LogP contribution in [0, 0.1) is 5.92 Å². The quantitative estimate of drug-likeness (QED) is 0.843. The average molecular weight is 348 g/mol. The van der Waals surface area contributed by atoms with Gasteiger partial charge in [0.2, 0.25) is 5.91 Å². The fraction of sp³-hybridized carbons (Fsp3) is 0.438. The molecule has 0 bridgehead atoms. The van der Waals surface area contributed by atoms with Crippen molar-refractivity contribution < 1.29 is 14.7 Å². The second-order valence-corrected chi connectivity index (χ2v) is 6.93. The lowest BCUT2D eigenvalue weighted by Gasteiger charge is -2.22. The zero-order chi connectivity index (χ0) is 16.9. The highest BCUT2D eigenvalue weighted by atomic mass is 32.1. The first-order valence-electron chi connectivity index (χ1n) is 7.85. The van der Waals surface area contributed by atoms with Crippen molar-refractivity contribution in [2.75, 3.05) is 26.2 Å². The van der Waals surface area contributed by atoms with Gasteiger partial charge in [0.25, 0.3) is 0 Å². The second kappa shape index (κ2) is 7.59. The molecule has 0 spiro atoms. The van der Waals surface area contributed by atoms with E-state index in [2.05, 4.69) is 9.97 Å². The van der Waals surface area contributed by atoms with Crippen molar-refractivity contribution in [2.45, 2.75) is 13.0 Å². The molecule has 1 amide bonds. The van der Waals surface area contributed by atoms with Crippen LogP contribution in [0.4, 0.5) is 0 Å². The second-order valence-electron chi connectivity index (χ2n) is 5.90. The number of carbonyl (C=O) groups is 2. The Morgan fingerprint density at radius 1 is 1.38 bits per heavy atom. The number of thiophene rings is 1. The van der Waals surface area contributed by atoms with Crippen molar-refractivity contribution in [1.29, 1.82) is 0 Å². The third kappa shape index (κ3) is 4.21. The molecule has 7 nitrogen and oxygen atoms in total. The monoisotopic (exact) mass is 348 g/mol. The first kappa shape index (κ1) is 16.7. The van der Waals surface area contributed by atoms with Gasteiger partial charge in [-0.1, -0.05) is 6.07 Å². The standard InChI is InChI=1S/C16H20N4O3S/c21-15(8-13-2-1-7-24-13)20-6-5-19(9-12(10-20)16(22)23)11-14-17-3-4-18-14/h1-4,7,12H,5-6,8-11H2,(H,17,18)(H,22,23)/t12-/m1/s1. The van der Waals surface area contributed by atoms with Crippen LogP contribution >= 0.6 is 11.3 Å². The van der Waals surface area contributed by atoms with E-state index < -0.39 is 11.9 Å². The normalized spacial score (nSPS) is 19.2. The SMILES string of the molecule is O=C(O)[C@@H]1CN(Cc2ncc[nH]2)CCN(C(=O)Cc2cccs2)C1. The molecule has 0 radical (unpaired) electrons. The number of rotatable bonds is 5. The molecule has 2 aromatic heterocycles. The molecule has 0 aliphatic carbocycles. The lowest BCUT2D eigenvalue weighted by atomic mass is 10.1. The van der Waals surface area contributed by atoms with Crippen molar-refractivity contribution in [3.8, 4) is 0 Å². The van der Waals surface area contributed by atoms with Crippen molar-refractivity contribution in [3.05, 3.63) is 40.6 Å². The Hall–Kier alpha value is -2.19. The summed E-state index contributed by atoms with van der Waals surface area (Å²) in [6.07, 6.45) is 3.76. The van der Waals surface area contributed by atoms with Gasteiger partial charge >= 0.3 is 5.97 Å². The topological polar surface area (TPSA) is 89.5 Å². The molecule has 1 aliphatic heterocycles. The summed E-state index contributed by atoms with van der Waals surface area (Å²) in [5.41, 5.74) is 0. The minimum Gasteiger partial charge on any atom is -0.481 e. The highest BCUT2D eigenvalue weighted by molar-refractivity contribution is 7.10. The molecule has 1 saturated heterocycles. The Bertz CT molecular complexity index is 672. The molecule has 8 heteroatoms. The number of carboxylic acid groups (broad SMARTS) is 1. The van der Waals surface area contributed by atoms with E-state index in [0.29, 0.717) is 32.6 Å². The van der Waals surface area contributed by atoms with Crippen LogP contribution in [0.5, 0.6) is 0 Å². The molecular weight excluding hydrogens is 328 g/mol. The van der Waals surface area contributed by atoms with Gasteiger partial charge in [0.15, 0.2) is 0 Å². The Labute approximate surface area is 143 Å². The number of carboxylic acids is 1. The first-order chi connectivity index (χ1) is 11.6. The van der Waals surface area contributed by atoms with E-state index in [-0.39, 0.29) is 12.5 Å². The van der Waals surface area contributed by atoms with E-state index in [0.717, 1.165) is 10.7 Å². The van der Waals surface area contributed by atoms with Crippen LogP contribution in [-0.4, -0.2) is 62.9 Å². The molecule has 0 saturated carbocycles. The van der Waals surface area contributed by atoms with Gasteiger partial charge in [-0.2, -0.15) is 0 Å². The summed E-state index contributed by atoms with van der Waals surface area (Å²) in [5.74, 6) is -0.661. The van der Waals surface area contributed by atoms with Crippen LogP contribution < -0.4 is 0 Å². The number of aliphatic carboxylic acids is 1. The summed E-state index contributed by atoms with van der Waals surface area (Å²) in [7, 11) is 0. The predicted molar refractivity (Wildman–Crippen MR) is 89.6 cm³/mol. The van der Waals surface area contributed by atoms with Gasteiger partial charge in [0.05, 0.1) is 18.9 Å². The Morgan fingerprint density at radius 3 is 2.92 bits per heavy atom. The van der Waals surface area contributed by atoms with Gasteiger partial charge < -0.3 is 15.0 Å². The number of carbonyl (C=O) groups excluding carboxylic acids is 1. The number of aromatic nitrogens is 2. The molecule has 2 N–H and O–H groups in total. The van der Waals surface area contributed by atoms with Gasteiger partial charge in [-0.25, -0.2) is 4.98 Å². The van der Waals surface area contributed by atoms with Crippen LogP contribution in [0.1, 0.15) is 10.7 Å². The molecule has 3 heterocycles. The maximum Gasteiger partial charge on any atom is 0.309 e. The van der Waals surface area contributed by atoms with E-state index in [1.165, 1.54) is 0 Å². The summed E-state index contributed by atoms with van der Waals surface area (Å²) in [5, 5.41) is 11.4. The number of hydrogen-bond donors (Lipinski definition) is 2. The lowest BCUT2D eigenvalue weighted by Crippen LogP contribution is -2.38. The molecule has 1 atom stereocenters. The largest absolute Gasteiger partial charge is 0.481 e. The van der Waals surface area contributed by atoms with Crippen LogP contribution in [0.15, 0.2) is 29.9 Å². The summed E-state index contributed by atoms with van der Waals surface area (Å²) in [6, 6.07) is 3.85. The van der Waals surface area contributed by atoms with Crippen LogP contribution in [0.25, 0.3) is 0 Å². The summed E-state index contributed by atoms with van der Waals surface area (Å²) < 4.78 is 0. The Morgan fingerprint density at radius 2 is 2.25 bits per heavy atom. The molecule has 2 aromatic rings. The number of aromatic amines is 1. The summed E-state index contributed by atoms with van der Waals surface area (Å²) in [6.45, 7) is 2.41. The third-order valence-corrected chi connectivity index (χ3v) is 5.02. The minimum atomic E-state index is -0.865. The average Bonchev–Trinajstić information content (AvgIpc) is 3.19. The number of nitrogens with one attached hydrogen (secondary N) is 1. The zero-order valence-corrected chi connectivity index (χ0v) is 14.0. The van der Waals surface area contributed by atoms with E-state index in [1.54, 1.807) is 28.6 Å². The number of hydrogen-bond acceptors (Lipinski definition) is 5. The molecule has 0 unspecified atom stereocenters. The van der Waals surface area contributed by atoms with Gasteiger partial charge in [-0.05, 0) is 11.4 Å². The number of H-pyrrole nitrogens is 1. The Balaban J connectivity index is 1.66. The van der Waals surface area contributed by atoms with E-state index in [9.17, 15) is 14.7 Å². The maximum absolute atomic E-state index is 12.5. The number of amides is 1. The molecule has 0 aromatic carbocycles. The number of imidazole rings is 1.